The van der Waals surface area contributed by atoms with Crippen molar-refractivity contribution < 1.29 is 14.9 Å². The third-order valence-electron chi connectivity index (χ3n) is 3.20. The Kier molecular flexibility index (Phi) is 2.27. The quantitative estimate of drug-likeness (QED) is 0.663. The van der Waals surface area contributed by atoms with E-state index in [9.17, 15) is 9.90 Å². The van der Waals surface area contributed by atoms with Gasteiger partial charge in [0, 0.05) is 12.1 Å². The molecule has 3 nitrogen and oxygen atoms in total. The molecule has 18 heavy (non-hydrogen) atoms. The van der Waals surface area contributed by atoms with Gasteiger partial charge in [0.15, 0.2) is 0 Å². The second-order valence-electron chi connectivity index (χ2n) is 4.35. The molecule has 0 atom stereocenters. The first-order valence-electron chi connectivity index (χ1n) is 5.75. The average molecular weight is 238 g/mol. The molecule has 0 fully saturated rings. The van der Waals surface area contributed by atoms with E-state index in [1.807, 2.05) is 49.4 Å². The van der Waals surface area contributed by atoms with Crippen molar-refractivity contribution in [3.8, 4) is 0 Å². The van der Waals surface area contributed by atoms with E-state index in [-0.39, 0.29) is 0 Å². The van der Waals surface area contributed by atoms with Crippen LogP contribution in [0.2, 0.25) is 0 Å². The number of para-hydroxylation sites is 1. The number of fused-ring (bicyclic) bond motifs is 2. The highest BCUT2D eigenvalue weighted by Gasteiger charge is 2.19. The Bertz CT molecular complexity index is 778. The number of aromatic amines is 1. The highest BCUT2D eigenvalue weighted by molar-refractivity contribution is 6.12. The zero-order chi connectivity index (χ0) is 12.7. The summed E-state index contributed by atoms with van der Waals surface area (Å²) < 4.78 is 0. The van der Waals surface area contributed by atoms with Crippen LogP contribution in [0.3, 0.4) is 0 Å². The molecule has 3 aromatic rings. The van der Waals surface area contributed by atoms with Crippen LogP contribution in [-0.4, -0.2) is 11.1 Å². The van der Waals surface area contributed by atoms with Gasteiger partial charge in [0.25, 0.3) is 0 Å². The number of hydrogen-bond acceptors (Lipinski definition) is 1. The molecule has 0 saturated carbocycles. The van der Waals surface area contributed by atoms with Gasteiger partial charge in [0.2, 0.25) is 11.0 Å². The number of pyridine rings is 1. The van der Waals surface area contributed by atoms with Crippen LogP contribution in [0.15, 0.2) is 42.5 Å². The minimum Gasteiger partial charge on any atom is -0.478 e. The lowest BCUT2D eigenvalue weighted by Gasteiger charge is -2.05. The Morgan fingerprint density at radius 2 is 1.78 bits per heavy atom. The van der Waals surface area contributed by atoms with E-state index in [1.54, 1.807) is 0 Å². The predicted molar refractivity (Wildman–Crippen MR) is 69.7 cm³/mol. The number of carbonyl (C=O) groups is 1. The number of nitrogens with one attached hydrogen (secondary N) is 1. The summed E-state index contributed by atoms with van der Waals surface area (Å²) in [6, 6.07) is 13.2. The smallest absolute Gasteiger partial charge is 0.337 e. The maximum atomic E-state index is 11.6. The lowest BCUT2D eigenvalue weighted by atomic mass is 9.99. The molecule has 0 amide bonds. The molecule has 0 aliphatic heterocycles. The number of aromatic carboxylic acids is 1. The summed E-state index contributed by atoms with van der Waals surface area (Å²) in [4.78, 5) is 14.8. The van der Waals surface area contributed by atoms with Crippen LogP contribution >= 0.6 is 0 Å². The largest absolute Gasteiger partial charge is 0.478 e. The molecular weight excluding hydrogens is 226 g/mol. The van der Waals surface area contributed by atoms with Crippen LogP contribution in [0.5, 0.6) is 0 Å². The topological polar surface area (TPSA) is 51.4 Å². The number of hydrogen-bond donors (Lipinski definition) is 1. The maximum absolute atomic E-state index is 11.6. The number of rotatable bonds is 1. The predicted octanol–water partition coefficient (Wildman–Crippen LogP) is 2.81. The van der Waals surface area contributed by atoms with Crippen LogP contribution in [0.25, 0.3) is 21.8 Å². The molecule has 0 unspecified atom stereocenters. The van der Waals surface area contributed by atoms with Crippen molar-refractivity contribution in [3.63, 3.8) is 0 Å². The van der Waals surface area contributed by atoms with Gasteiger partial charge in [0.05, 0.1) is 16.3 Å². The van der Waals surface area contributed by atoms with Crippen LogP contribution in [0.4, 0.5) is 0 Å². The summed E-state index contributed by atoms with van der Waals surface area (Å²) >= 11 is 0. The van der Waals surface area contributed by atoms with Crippen molar-refractivity contribution in [1.82, 2.24) is 0 Å². The summed E-state index contributed by atoms with van der Waals surface area (Å²) in [5.41, 5.74) is 3.03. The van der Waals surface area contributed by atoms with Crippen molar-refractivity contribution in [2.75, 3.05) is 0 Å². The molecule has 0 bridgehead atoms. The molecule has 2 aromatic carbocycles. The lowest BCUT2D eigenvalue weighted by molar-refractivity contribution is -0.310. The molecule has 88 valence electrons. The second-order valence-corrected chi connectivity index (χ2v) is 4.35. The Morgan fingerprint density at radius 3 is 2.56 bits per heavy atom. The zero-order valence-corrected chi connectivity index (χ0v) is 9.90. The van der Waals surface area contributed by atoms with Gasteiger partial charge in [-0.15, -0.1) is 0 Å². The molecule has 1 heterocycles. The van der Waals surface area contributed by atoms with Crippen molar-refractivity contribution >= 4 is 27.8 Å². The Morgan fingerprint density at radius 1 is 1.06 bits per heavy atom. The first-order valence-corrected chi connectivity index (χ1v) is 5.75. The SMILES string of the molecule is Cc1cccc2[nH+]c3ccccc3c(C(=O)O)c12. The number of aryl methyl sites for hydroxylation is 1. The Labute approximate surface area is 104 Å². The van der Waals surface area contributed by atoms with E-state index < -0.39 is 5.97 Å². The molecule has 1 aromatic heterocycles. The molecule has 2 N–H and O–H groups in total. The normalized spacial score (nSPS) is 10.9. The second kappa shape index (κ2) is 3.81. The van der Waals surface area contributed by atoms with Crippen molar-refractivity contribution in [2.45, 2.75) is 6.92 Å². The monoisotopic (exact) mass is 238 g/mol. The number of carboxylic acids is 1. The molecule has 3 rings (SSSR count). The molecule has 0 aliphatic rings. The summed E-state index contributed by atoms with van der Waals surface area (Å²) in [6.45, 7) is 1.93. The summed E-state index contributed by atoms with van der Waals surface area (Å²) in [5, 5.41) is 11.0. The number of aromatic nitrogens is 1. The van der Waals surface area contributed by atoms with Crippen molar-refractivity contribution in [3.05, 3.63) is 53.6 Å². The Balaban J connectivity index is 2.64. The third-order valence-corrected chi connectivity index (χ3v) is 3.20. The van der Waals surface area contributed by atoms with Gasteiger partial charge < -0.3 is 5.11 Å². The fourth-order valence-electron chi connectivity index (χ4n) is 2.42. The van der Waals surface area contributed by atoms with E-state index in [1.165, 1.54) is 0 Å². The summed E-state index contributed by atoms with van der Waals surface area (Å²) in [6.07, 6.45) is 0. The highest BCUT2D eigenvalue weighted by atomic mass is 16.4. The minimum absolute atomic E-state index is 0.373. The fraction of sp³-hybridized carbons (Fsp3) is 0.0667. The molecular formula is C15H12NO2+. The van der Waals surface area contributed by atoms with E-state index >= 15 is 0 Å². The van der Waals surface area contributed by atoms with Gasteiger partial charge in [-0.05, 0) is 18.6 Å². The molecule has 0 aliphatic carbocycles. The number of benzene rings is 2. The lowest BCUT2D eigenvalue weighted by Crippen LogP contribution is -2.11. The standard InChI is InChI=1S/C15H11NO2/c1-9-5-4-8-12-13(9)14(15(17)18)10-6-2-3-7-11(10)16-12/h2-8H,1H3,(H,17,18)/p+1. The maximum Gasteiger partial charge on any atom is 0.337 e. The van der Waals surface area contributed by atoms with Crippen LogP contribution in [0, 0.1) is 6.92 Å². The van der Waals surface area contributed by atoms with Crippen LogP contribution in [-0.2, 0) is 0 Å². The molecule has 3 heteroatoms. The van der Waals surface area contributed by atoms with Gasteiger partial charge >= 0.3 is 5.97 Å². The van der Waals surface area contributed by atoms with Crippen LogP contribution in [0.1, 0.15) is 15.9 Å². The summed E-state index contributed by atoms with van der Waals surface area (Å²) in [7, 11) is 0. The van der Waals surface area contributed by atoms with E-state index in [2.05, 4.69) is 4.98 Å². The van der Waals surface area contributed by atoms with Gasteiger partial charge in [-0.3, -0.25) is 0 Å². The van der Waals surface area contributed by atoms with Crippen molar-refractivity contribution in [1.29, 1.82) is 0 Å². The van der Waals surface area contributed by atoms with E-state index in [0.717, 1.165) is 27.4 Å². The van der Waals surface area contributed by atoms with Crippen molar-refractivity contribution in [2.24, 2.45) is 0 Å². The first kappa shape index (κ1) is 10.7. The minimum atomic E-state index is -0.889. The summed E-state index contributed by atoms with van der Waals surface area (Å²) in [5.74, 6) is -0.889. The number of carboxylic acid groups (broad SMARTS) is 1. The van der Waals surface area contributed by atoms with Gasteiger partial charge in [-0.2, -0.15) is 0 Å². The molecule has 0 spiro atoms. The van der Waals surface area contributed by atoms with Gasteiger partial charge in [-0.1, -0.05) is 24.3 Å². The van der Waals surface area contributed by atoms with E-state index in [0.29, 0.717) is 5.56 Å². The first-order chi connectivity index (χ1) is 8.68. The zero-order valence-electron chi connectivity index (χ0n) is 9.90. The van der Waals surface area contributed by atoms with Gasteiger partial charge in [0.1, 0.15) is 0 Å². The average Bonchev–Trinajstić information content (AvgIpc) is 2.36. The molecule has 0 saturated heterocycles. The fourth-order valence-corrected chi connectivity index (χ4v) is 2.42. The number of H-pyrrole nitrogens is 1. The highest BCUT2D eigenvalue weighted by Crippen LogP contribution is 2.25. The van der Waals surface area contributed by atoms with Crippen LogP contribution < -0.4 is 4.98 Å². The van der Waals surface area contributed by atoms with E-state index in [4.69, 9.17) is 0 Å². The third kappa shape index (κ3) is 1.44. The Hall–Kier alpha value is -2.42. The molecule has 0 radical (unpaired) electrons. The van der Waals surface area contributed by atoms with Gasteiger partial charge in [-0.25, -0.2) is 9.78 Å².